The molecule has 0 radical (unpaired) electrons. The molecular formula is C105H194N24O3. The maximum absolute atomic E-state index is 7.56. The molecule has 9 fully saturated rings. The van der Waals surface area contributed by atoms with Crippen molar-refractivity contribution in [1.82, 2.24) is 89.0 Å². The minimum absolute atomic E-state index is 0.0852. The van der Waals surface area contributed by atoms with E-state index >= 15 is 0 Å². The number of ether oxygens (including phenoxy) is 3. The molecule has 3 aromatic rings. The molecule has 0 saturated carbocycles. The van der Waals surface area contributed by atoms with Crippen LogP contribution in [0.3, 0.4) is 0 Å². The summed E-state index contributed by atoms with van der Waals surface area (Å²) in [6.45, 7) is 88.5. The molecule has 132 heavy (non-hydrogen) atoms. The second-order valence-corrected chi connectivity index (χ2v) is 54.9. The quantitative estimate of drug-likeness (QED) is 0.0716. The average Bonchev–Trinajstić information content (AvgIpc) is 0.742. The van der Waals surface area contributed by atoms with Gasteiger partial charge in [0.05, 0.1) is 0 Å². The van der Waals surface area contributed by atoms with E-state index in [9.17, 15) is 0 Å². The SMILES string of the molecule is CN1C(C)(C)CC(Oc2nc(NCCCN(CCCNc3nc(OC4CC(C)(C)N(C)C(C)(C)C4)nc(N(C4CC(C)(C)N(C)C(C)(C)C4)C4CC(C)(C)N(C)C(C)(C)C4)n3)c3nc(OC4CC(C)(C)N(C)C(C)(C)C4)nc(N(C4CC(C)(C)N(C)C(C)(C)C4)C4CC(C)(C)N(C)C(C)(C)C4)n3)nc(N(C3CC(C)(C)N(C)C(C)(C)C3)C3CC(C)(C)N(C)C(C)(C)C3)n2)CC1(C)C. The van der Waals surface area contributed by atoms with E-state index in [0.717, 1.165) is 116 Å². The van der Waals surface area contributed by atoms with Crippen LogP contribution < -0.4 is 44.4 Å². The lowest BCUT2D eigenvalue weighted by molar-refractivity contribution is -0.0583. The first-order valence-electron chi connectivity index (χ1n) is 51.4. The molecule has 3 aromatic heterocycles. The molecule has 9 aliphatic heterocycles. The van der Waals surface area contributed by atoms with Crippen molar-refractivity contribution in [2.45, 2.75) is 532 Å². The van der Waals surface area contributed by atoms with Gasteiger partial charge in [-0.15, -0.1) is 0 Å². The van der Waals surface area contributed by atoms with Crippen molar-refractivity contribution < 1.29 is 14.2 Å². The van der Waals surface area contributed by atoms with Crippen molar-refractivity contribution in [3.63, 3.8) is 0 Å². The summed E-state index contributed by atoms with van der Waals surface area (Å²) >= 11 is 0. The normalized spacial score (nSPS) is 27.9. The highest BCUT2D eigenvalue weighted by atomic mass is 16.5. The van der Waals surface area contributed by atoms with Gasteiger partial charge < -0.3 is 44.4 Å². The summed E-state index contributed by atoms with van der Waals surface area (Å²) in [5, 5.41) is 7.86. The Labute approximate surface area is 804 Å². The fourth-order valence-corrected chi connectivity index (χ4v) is 27.6. The van der Waals surface area contributed by atoms with Gasteiger partial charge in [0.1, 0.15) is 18.3 Å². The van der Waals surface area contributed by atoms with Crippen LogP contribution in [0.25, 0.3) is 0 Å². The van der Waals surface area contributed by atoms with Crippen molar-refractivity contribution in [3.8, 4) is 18.0 Å². The van der Waals surface area contributed by atoms with Gasteiger partial charge >= 0.3 is 18.0 Å². The number of hydrogen-bond donors (Lipinski definition) is 2. The third-order valence-corrected chi connectivity index (χ3v) is 37.3. The van der Waals surface area contributed by atoms with Crippen LogP contribution in [0.15, 0.2) is 0 Å². The van der Waals surface area contributed by atoms with Gasteiger partial charge in [-0.3, -0.25) is 44.1 Å². The van der Waals surface area contributed by atoms with Crippen molar-refractivity contribution in [1.29, 1.82) is 0 Å². The molecule has 27 heteroatoms. The lowest BCUT2D eigenvalue weighted by atomic mass is 9.73. The second-order valence-electron chi connectivity index (χ2n) is 54.9. The van der Waals surface area contributed by atoms with Crippen LogP contribution in [0.2, 0.25) is 0 Å². The summed E-state index contributed by atoms with van der Waals surface area (Å²) in [4.78, 5) is 84.6. The summed E-state index contributed by atoms with van der Waals surface area (Å²) in [6.07, 6.45) is 17.1. The number of nitrogens with zero attached hydrogens (tertiary/aromatic N) is 22. The van der Waals surface area contributed by atoms with Gasteiger partial charge in [-0.25, -0.2) is 0 Å². The Morgan fingerprint density at radius 2 is 0.379 bits per heavy atom. The van der Waals surface area contributed by atoms with E-state index in [1.807, 2.05) is 0 Å². The van der Waals surface area contributed by atoms with Crippen molar-refractivity contribution >= 4 is 35.7 Å². The molecule has 9 aliphatic rings. The van der Waals surface area contributed by atoms with Gasteiger partial charge in [-0.1, -0.05) is 0 Å². The van der Waals surface area contributed by atoms with Crippen LogP contribution in [0.4, 0.5) is 35.7 Å². The van der Waals surface area contributed by atoms with E-state index in [4.69, 9.17) is 59.1 Å². The lowest BCUT2D eigenvalue weighted by Crippen LogP contribution is -2.67. The summed E-state index contributed by atoms with van der Waals surface area (Å²) in [5.74, 6) is 3.67. The van der Waals surface area contributed by atoms with Gasteiger partial charge in [-0.05, 0) is 403 Å². The molecule has 0 aromatic carbocycles. The van der Waals surface area contributed by atoms with Crippen LogP contribution in [-0.4, -0.2) is 333 Å². The van der Waals surface area contributed by atoms with E-state index < -0.39 is 0 Å². The Balaban J connectivity index is 0.992. The predicted octanol–water partition coefficient (Wildman–Crippen LogP) is 18.5. The van der Waals surface area contributed by atoms with E-state index in [2.05, 4.69) is 387 Å². The molecular weight excluding hydrogens is 1650 g/mol. The number of aromatic nitrogens is 9. The van der Waals surface area contributed by atoms with Gasteiger partial charge in [0, 0.05) is 201 Å². The molecule has 0 unspecified atom stereocenters. The van der Waals surface area contributed by atoms with Gasteiger partial charge in [0.2, 0.25) is 35.7 Å². The zero-order valence-electron chi connectivity index (χ0n) is 92.7. The lowest BCUT2D eigenvalue weighted by Gasteiger charge is -2.60. The number of rotatable bonds is 26. The Hall–Kier alpha value is -5.13. The van der Waals surface area contributed by atoms with Gasteiger partial charge in [0.15, 0.2) is 0 Å². The smallest absolute Gasteiger partial charge is 0.323 e. The molecule has 27 nitrogen and oxygen atoms in total. The number of hydrogen-bond acceptors (Lipinski definition) is 27. The highest BCUT2D eigenvalue weighted by Gasteiger charge is 2.58. The van der Waals surface area contributed by atoms with E-state index in [1.54, 1.807) is 0 Å². The largest absolute Gasteiger partial charge is 0.460 e. The van der Waals surface area contributed by atoms with Gasteiger partial charge in [-0.2, -0.15) is 44.9 Å². The number of piperidine rings is 9. The van der Waals surface area contributed by atoms with E-state index in [-0.39, 0.29) is 154 Å². The molecule has 0 spiro atoms. The number of anilines is 6. The highest BCUT2D eigenvalue weighted by Crippen LogP contribution is 2.53. The standard InChI is InChI=1S/C105H194N24O3/c1-88(2)52-70(53-89(3,4)117(88)37)127(71-54-90(5,6)118(38)91(7,8)55-71)82-108-79(110-85(114-82)130-76-64-100(25,26)123(43)101(27,28)65-76)106-48-46-50-126(81-112-84(116-87(113-81)132-78-68-104(33,34)125(45)105(35,36)69-78)129(74-60-96(17,18)121(41)97(19,20)61-74)75-62-98(21,22)122(42)99(23,24)63-75)51-47-49-107-80-109-83(115-86(111-80)131-77-66-102(29,30)124(44)103(31,32)67-77)128(72-56-92(9,10)119(39)93(11,12)57-72)73-58-94(13,14)120(40)95(15,16)59-73/h70-78H,46-69H2,1-45H3,(H,106,108,110,114)(H,107,109,111,115). The fraction of sp³-hybridized carbons (Fsp3) is 0.914. The predicted molar refractivity (Wildman–Crippen MR) is 548 cm³/mol. The Bertz CT molecular complexity index is 4010. The summed E-state index contributed by atoms with van der Waals surface area (Å²) in [5.41, 5.74) is -2.38. The third kappa shape index (κ3) is 22.0. The monoisotopic (exact) mass is 1840 g/mol. The number of nitrogens with one attached hydrogen (secondary N) is 2. The number of likely N-dealkylation sites (tertiary alicyclic amines) is 9. The minimum Gasteiger partial charge on any atom is -0.460 e. The molecule has 0 amide bonds. The zero-order chi connectivity index (χ0) is 98.8. The Morgan fingerprint density at radius 3 is 0.568 bits per heavy atom. The first-order valence-corrected chi connectivity index (χ1v) is 51.4. The molecule has 0 aliphatic carbocycles. The van der Waals surface area contributed by atoms with Crippen LogP contribution in [-0.2, 0) is 0 Å². The van der Waals surface area contributed by atoms with Crippen LogP contribution in [0.1, 0.15) is 378 Å². The maximum Gasteiger partial charge on any atom is 0.323 e. The summed E-state index contributed by atoms with van der Waals surface area (Å²) in [6, 6.07) is 1.77. The maximum atomic E-state index is 7.56. The molecule has 9 saturated heterocycles. The molecule has 12 rings (SSSR count). The first kappa shape index (κ1) is 106. The first-order chi connectivity index (χ1) is 59.9. The minimum atomic E-state index is -0.170. The van der Waals surface area contributed by atoms with Crippen LogP contribution in [0, 0.1) is 0 Å². The fourth-order valence-electron chi connectivity index (χ4n) is 27.6. The molecule has 2 N–H and O–H groups in total. The van der Waals surface area contributed by atoms with Crippen LogP contribution in [0.5, 0.6) is 18.0 Å². The molecule has 12 heterocycles. The highest BCUT2D eigenvalue weighted by molar-refractivity contribution is 5.47. The molecule has 0 atom stereocenters. The summed E-state index contributed by atoms with van der Waals surface area (Å²) < 4.78 is 22.3. The topological polar surface area (TPSA) is 210 Å². The van der Waals surface area contributed by atoms with Crippen molar-refractivity contribution in [2.75, 3.05) is 120 Å². The second kappa shape index (κ2) is 35.9. The Morgan fingerprint density at radius 1 is 0.220 bits per heavy atom. The summed E-state index contributed by atoms with van der Waals surface area (Å²) in [7, 11) is 20.7. The van der Waals surface area contributed by atoms with Crippen LogP contribution >= 0.6 is 0 Å². The average molecular weight is 1840 g/mol. The van der Waals surface area contributed by atoms with Gasteiger partial charge in [0.25, 0.3) is 0 Å². The molecule has 752 valence electrons. The molecule has 0 bridgehead atoms. The third-order valence-electron chi connectivity index (χ3n) is 37.3. The van der Waals surface area contributed by atoms with Crippen molar-refractivity contribution in [2.24, 2.45) is 0 Å². The van der Waals surface area contributed by atoms with E-state index in [1.165, 1.54) is 0 Å². The Kier molecular flexibility index (Phi) is 28.7. The zero-order valence-corrected chi connectivity index (χ0v) is 92.7. The van der Waals surface area contributed by atoms with Crippen molar-refractivity contribution in [3.05, 3.63) is 0 Å². The van der Waals surface area contributed by atoms with E-state index in [0.29, 0.717) is 92.7 Å².